The molecule has 0 saturated heterocycles. The molecule has 0 aliphatic heterocycles. The van der Waals surface area contributed by atoms with Gasteiger partial charge in [-0.15, -0.1) is 0 Å². The molecule has 0 amide bonds. The lowest BCUT2D eigenvalue weighted by atomic mass is 9.84. The van der Waals surface area contributed by atoms with Crippen LogP contribution in [0.4, 0.5) is 11.4 Å². The SMILES string of the molecule is O=C(O)C1C2CCC(C2)C1Nc1c(Br)cncc1[N+](=O)[O-]. The molecule has 2 bridgehead atoms. The van der Waals surface area contributed by atoms with Crippen LogP contribution in [0, 0.1) is 27.9 Å². The van der Waals surface area contributed by atoms with Gasteiger partial charge in [-0.2, -0.15) is 0 Å². The number of nitro groups is 1. The van der Waals surface area contributed by atoms with E-state index in [0.29, 0.717) is 10.2 Å². The molecule has 8 heteroatoms. The molecule has 112 valence electrons. The summed E-state index contributed by atoms with van der Waals surface area (Å²) in [4.78, 5) is 25.9. The number of hydrogen-bond acceptors (Lipinski definition) is 5. The summed E-state index contributed by atoms with van der Waals surface area (Å²) >= 11 is 3.26. The Morgan fingerprint density at radius 3 is 2.81 bits per heavy atom. The van der Waals surface area contributed by atoms with Crippen LogP contribution in [-0.4, -0.2) is 27.0 Å². The normalized spacial score (nSPS) is 30.3. The minimum atomic E-state index is -0.826. The van der Waals surface area contributed by atoms with E-state index in [0.717, 1.165) is 19.3 Å². The van der Waals surface area contributed by atoms with Gasteiger partial charge in [-0.1, -0.05) is 0 Å². The summed E-state index contributed by atoms with van der Waals surface area (Å²) in [6, 6.07) is -0.265. The monoisotopic (exact) mass is 355 g/mol. The molecule has 2 N–H and O–H groups in total. The number of hydrogen-bond donors (Lipinski definition) is 2. The van der Waals surface area contributed by atoms with E-state index >= 15 is 0 Å². The van der Waals surface area contributed by atoms with Gasteiger partial charge < -0.3 is 10.4 Å². The molecule has 2 saturated carbocycles. The zero-order valence-corrected chi connectivity index (χ0v) is 12.6. The second kappa shape index (κ2) is 5.25. The third kappa shape index (κ3) is 2.37. The summed E-state index contributed by atoms with van der Waals surface area (Å²) in [6.07, 6.45) is 5.43. The lowest BCUT2D eigenvalue weighted by Gasteiger charge is -2.29. The van der Waals surface area contributed by atoms with Crippen LogP contribution in [0.15, 0.2) is 16.9 Å². The Morgan fingerprint density at radius 1 is 1.43 bits per heavy atom. The summed E-state index contributed by atoms with van der Waals surface area (Å²) in [5.41, 5.74) is 0.176. The highest BCUT2D eigenvalue weighted by Crippen LogP contribution is 2.50. The lowest BCUT2D eigenvalue weighted by Crippen LogP contribution is -2.39. The van der Waals surface area contributed by atoms with E-state index in [1.54, 1.807) is 0 Å². The average Bonchev–Trinajstić information content (AvgIpc) is 3.01. The van der Waals surface area contributed by atoms with Crippen molar-refractivity contribution < 1.29 is 14.8 Å². The molecule has 4 atom stereocenters. The molecule has 0 radical (unpaired) electrons. The molecule has 0 spiro atoms. The number of fused-ring (bicyclic) bond motifs is 2. The summed E-state index contributed by atoms with van der Waals surface area (Å²) in [5.74, 6) is -0.878. The number of nitrogens with one attached hydrogen (secondary N) is 1. The summed E-state index contributed by atoms with van der Waals surface area (Å²) in [6.45, 7) is 0. The number of nitrogens with zero attached hydrogens (tertiary/aromatic N) is 2. The summed E-state index contributed by atoms with van der Waals surface area (Å²) in [5, 5.41) is 23.7. The maximum Gasteiger partial charge on any atom is 0.311 e. The quantitative estimate of drug-likeness (QED) is 0.635. The highest BCUT2D eigenvalue weighted by molar-refractivity contribution is 9.10. The zero-order chi connectivity index (χ0) is 15.1. The van der Waals surface area contributed by atoms with E-state index in [1.807, 2.05) is 0 Å². The fourth-order valence-electron chi connectivity index (χ4n) is 3.73. The van der Waals surface area contributed by atoms with Gasteiger partial charge in [0.05, 0.1) is 15.3 Å². The van der Waals surface area contributed by atoms with Crippen LogP contribution in [0.25, 0.3) is 0 Å². The van der Waals surface area contributed by atoms with Crippen molar-refractivity contribution in [2.24, 2.45) is 17.8 Å². The predicted octanol–water partition coefficient (Wildman–Crippen LogP) is 2.66. The molecule has 2 fully saturated rings. The summed E-state index contributed by atoms with van der Waals surface area (Å²) in [7, 11) is 0. The van der Waals surface area contributed by atoms with Crippen LogP contribution in [-0.2, 0) is 4.79 Å². The third-order valence-corrected chi connectivity index (χ3v) is 5.19. The molecule has 2 aliphatic carbocycles. The minimum absolute atomic E-state index is 0.142. The lowest BCUT2D eigenvalue weighted by molar-refractivity contribution is -0.384. The number of carboxylic acid groups (broad SMARTS) is 1. The fraction of sp³-hybridized carbons (Fsp3) is 0.538. The van der Waals surface area contributed by atoms with Gasteiger partial charge in [0, 0.05) is 12.2 Å². The van der Waals surface area contributed by atoms with Gasteiger partial charge in [-0.3, -0.25) is 19.9 Å². The molecule has 1 heterocycles. The minimum Gasteiger partial charge on any atom is -0.481 e. The van der Waals surface area contributed by atoms with Crippen molar-refractivity contribution in [1.82, 2.24) is 4.98 Å². The van der Waals surface area contributed by atoms with Crippen LogP contribution in [0.1, 0.15) is 19.3 Å². The van der Waals surface area contributed by atoms with Crippen molar-refractivity contribution in [3.63, 3.8) is 0 Å². The van der Waals surface area contributed by atoms with Crippen LogP contribution in [0.3, 0.4) is 0 Å². The first-order valence-corrected chi connectivity index (χ1v) is 7.55. The Kier molecular flexibility index (Phi) is 3.56. The number of halogens is 1. The van der Waals surface area contributed by atoms with Crippen LogP contribution < -0.4 is 5.32 Å². The van der Waals surface area contributed by atoms with Gasteiger partial charge in [0.25, 0.3) is 0 Å². The van der Waals surface area contributed by atoms with E-state index < -0.39 is 16.8 Å². The largest absolute Gasteiger partial charge is 0.481 e. The van der Waals surface area contributed by atoms with Crippen LogP contribution >= 0.6 is 15.9 Å². The molecule has 3 rings (SSSR count). The molecule has 1 aromatic heterocycles. The van der Waals surface area contributed by atoms with Crippen molar-refractivity contribution in [2.45, 2.75) is 25.3 Å². The van der Waals surface area contributed by atoms with Crippen molar-refractivity contribution in [3.8, 4) is 0 Å². The number of anilines is 1. The van der Waals surface area contributed by atoms with Crippen molar-refractivity contribution in [1.29, 1.82) is 0 Å². The number of aromatic nitrogens is 1. The van der Waals surface area contributed by atoms with Crippen LogP contribution in [0.2, 0.25) is 0 Å². The van der Waals surface area contributed by atoms with Crippen molar-refractivity contribution in [2.75, 3.05) is 5.32 Å². The van der Waals surface area contributed by atoms with Crippen molar-refractivity contribution in [3.05, 3.63) is 27.0 Å². The van der Waals surface area contributed by atoms with Gasteiger partial charge in [0.2, 0.25) is 0 Å². The summed E-state index contributed by atoms with van der Waals surface area (Å²) < 4.78 is 0.476. The van der Waals surface area contributed by atoms with Gasteiger partial charge in [-0.25, -0.2) is 0 Å². The Hall–Kier alpha value is -1.70. The molecule has 1 aromatic rings. The Labute approximate surface area is 129 Å². The maximum absolute atomic E-state index is 11.5. The predicted molar refractivity (Wildman–Crippen MR) is 78.0 cm³/mol. The molecular weight excluding hydrogens is 342 g/mol. The molecular formula is C13H14BrN3O4. The van der Waals surface area contributed by atoms with E-state index in [-0.39, 0.29) is 23.6 Å². The maximum atomic E-state index is 11.5. The van der Waals surface area contributed by atoms with E-state index in [1.165, 1.54) is 12.4 Å². The van der Waals surface area contributed by atoms with Crippen LogP contribution in [0.5, 0.6) is 0 Å². The number of pyridine rings is 1. The number of carbonyl (C=O) groups is 1. The first kappa shape index (κ1) is 14.2. The molecule has 7 nitrogen and oxygen atoms in total. The molecule has 0 aromatic carbocycles. The smallest absolute Gasteiger partial charge is 0.311 e. The number of carboxylic acids is 1. The Bertz CT molecular complexity index is 609. The fourth-order valence-corrected chi connectivity index (χ4v) is 4.16. The van der Waals surface area contributed by atoms with E-state index in [2.05, 4.69) is 26.2 Å². The standard InChI is InChI=1S/C13H14BrN3O4/c14-8-4-15-5-9(17(20)21)12(8)16-11-7-2-1-6(3-7)10(11)13(18)19/h4-7,10-11H,1-3H2,(H,15,16)(H,18,19). The Morgan fingerprint density at radius 2 is 2.14 bits per heavy atom. The topological polar surface area (TPSA) is 105 Å². The number of rotatable bonds is 4. The van der Waals surface area contributed by atoms with E-state index in [4.69, 9.17) is 0 Å². The zero-order valence-electron chi connectivity index (χ0n) is 11.0. The Balaban J connectivity index is 1.93. The second-order valence-corrected chi connectivity index (χ2v) is 6.49. The van der Waals surface area contributed by atoms with Gasteiger partial charge in [-0.05, 0) is 47.0 Å². The molecule has 2 aliphatic rings. The van der Waals surface area contributed by atoms with Gasteiger partial charge in [0.1, 0.15) is 11.9 Å². The number of aliphatic carboxylic acids is 1. The molecule has 4 unspecified atom stereocenters. The average molecular weight is 356 g/mol. The van der Waals surface area contributed by atoms with Gasteiger partial charge >= 0.3 is 11.7 Å². The second-order valence-electron chi connectivity index (χ2n) is 5.64. The first-order chi connectivity index (χ1) is 9.99. The van der Waals surface area contributed by atoms with Crippen molar-refractivity contribution >= 4 is 33.3 Å². The first-order valence-electron chi connectivity index (χ1n) is 6.76. The van der Waals surface area contributed by atoms with Gasteiger partial charge in [0.15, 0.2) is 0 Å². The molecule has 21 heavy (non-hydrogen) atoms. The highest BCUT2D eigenvalue weighted by Gasteiger charge is 2.51. The van der Waals surface area contributed by atoms with E-state index in [9.17, 15) is 20.0 Å². The highest BCUT2D eigenvalue weighted by atomic mass is 79.9. The third-order valence-electron chi connectivity index (χ3n) is 4.59.